The van der Waals surface area contributed by atoms with Crippen molar-refractivity contribution in [2.75, 3.05) is 13.1 Å². The van der Waals surface area contributed by atoms with Crippen LogP contribution in [0.3, 0.4) is 0 Å². The van der Waals surface area contributed by atoms with Crippen LogP contribution < -0.4 is 19.5 Å². The van der Waals surface area contributed by atoms with E-state index in [0.717, 1.165) is 18.5 Å². The third kappa shape index (κ3) is 2.56. The van der Waals surface area contributed by atoms with Crippen LogP contribution in [0.25, 0.3) is 0 Å². The number of benzene rings is 2. The van der Waals surface area contributed by atoms with Crippen molar-refractivity contribution in [3.05, 3.63) is 42.0 Å². The molecule has 5 rings (SSSR count). The number of alkyl halides is 2. The van der Waals surface area contributed by atoms with E-state index in [1.807, 2.05) is 0 Å². The minimum Gasteiger partial charge on any atom is -0.488 e. The molecule has 1 saturated heterocycles. The van der Waals surface area contributed by atoms with E-state index in [4.69, 9.17) is 4.74 Å². The first-order chi connectivity index (χ1) is 12.9. The van der Waals surface area contributed by atoms with E-state index in [1.54, 1.807) is 6.07 Å². The first-order valence-electron chi connectivity index (χ1n) is 8.50. The van der Waals surface area contributed by atoms with Crippen LogP contribution in [-0.4, -0.2) is 33.9 Å². The number of rotatable bonds is 2. The Bertz CT molecular complexity index is 1040. The quantitative estimate of drug-likeness (QED) is 0.843. The molecule has 2 aromatic carbocycles. The molecule has 0 radical (unpaired) electrons. The largest absolute Gasteiger partial charge is 0.586 e. The van der Waals surface area contributed by atoms with Crippen LogP contribution >= 0.6 is 0 Å². The van der Waals surface area contributed by atoms with E-state index in [2.05, 4.69) is 14.8 Å². The van der Waals surface area contributed by atoms with E-state index in [1.165, 1.54) is 30.3 Å². The summed E-state index contributed by atoms with van der Waals surface area (Å²) < 4.78 is 67.6. The summed E-state index contributed by atoms with van der Waals surface area (Å²) in [6.07, 6.45) is -3.00. The molecule has 0 spiro atoms. The molecule has 1 N–H and O–H groups in total. The zero-order valence-electron chi connectivity index (χ0n) is 13.9. The normalized spacial score (nSPS) is 24.8. The molecule has 142 valence electrons. The van der Waals surface area contributed by atoms with Gasteiger partial charge in [-0.15, -0.1) is 8.78 Å². The smallest absolute Gasteiger partial charge is 0.488 e. The zero-order chi connectivity index (χ0) is 18.8. The fourth-order valence-corrected chi connectivity index (χ4v) is 5.25. The first-order valence-corrected chi connectivity index (χ1v) is 9.99. The van der Waals surface area contributed by atoms with Crippen molar-refractivity contribution in [3.8, 4) is 17.2 Å². The lowest BCUT2D eigenvalue weighted by atomic mass is 9.90. The van der Waals surface area contributed by atoms with Crippen molar-refractivity contribution in [2.45, 2.75) is 34.5 Å². The summed E-state index contributed by atoms with van der Waals surface area (Å²) in [6.45, 7) is 1.58. The van der Waals surface area contributed by atoms with Gasteiger partial charge in [-0.3, -0.25) is 0 Å². The summed E-state index contributed by atoms with van der Waals surface area (Å²) in [5.74, 6) is -0.0448. The summed E-state index contributed by atoms with van der Waals surface area (Å²) in [6, 6.07) is 8.47. The molecule has 3 heterocycles. The maximum absolute atomic E-state index is 13.4. The summed E-state index contributed by atoms with van der Waals surface area (Å²) in [5.41, 5.74) is 0.977. The number of sulfone groups is 1. The molecular formula is C18H15F2NO5S. The molecule has 27 heavy (non-hydrogen) atoms. The Kier molecular flexibility index (Phi) is 3.45. The summed E-state index contributed by atoms with van der Waals surface area (Å²) in [5, 5.41) is 3.25. The van der Waals surface area contributed by atoms with Crippen molar-refractivity contribution >= 4 is 9.84 Å². The third-order valence-electron chi connectivity index (χ3n) is 5.08. The highest BCUT2D eigenvalue weighted by Crippen LogP contribution is 2.47. The molecule has 9 heteroatoms. The standard InChI is InChI=1S/C18H15F2NO5S/c19-18(20)25-13-2-1-3-16(17(13)26-18)27(22,23)10-4-5-11-12-6-7-21-9-15(12)24-14(11)8-10/h1-5,8,12,15,21H,6-7,9H2. The van der Waals surface area contributed by atoms with Gasteiger partial charge in [0.1, 0.15) is 16.7 Å². The fraction of sp³-hybridized carbons (Fsp3) is 0.333. The second kappa shape index (κ2) is 5.56. The molecule has 6 nitrogen and oxygen atoms in total. The van der Waals surface area contributed by atoms with Crippen molar-refractivity contribution < 1.29 is 31.4 Å². The molecule has 0 aliphatic carbocycles. The lowest BCUT2D eigenvalue weighted by Gasteiger charge is -2.24. The van der Waals surface area contributed by atoms with E-state index in [9.17, 15) is 17.2 Å². The highest BCUT2D eigenvalue weighted by atomic mass is 32.2. The highest BCUT2D eigenvalue weighted by molar-refractivity contribution is 7.91. The van der Waals surface area contributed by atoms with Gasteiger partial charge in [0.05, 0.1) is 4.90 Å². The lowest BCUT2D eigenvalue weighted by Crippen LogP contribution is -2.39. The summed E-state index contributed by atoms with van der Waals surface area (Å²) in [4.78, 5) is -0.408. The van der Waals surface area contributed by atoms with E-state index < -0.39 is 21.9 Å². The number of para-hydroxylation sites is 1. The van der Waals surface area contributed by atoms with Gasteiger partial charge in [0.15, 0.2) is 11.5 Å². The van der Waals surface area contributed by atoms with E-state index >= 15 is 0 Å². The Balaban J connectivity index is 1.56. The summed E-state index contributed by atoms with van der Waals surface area (Å²) >= 11 is 0. The summed E-state index contributed by atoms with van der Waals surface area (Å²) in [7, 11) is -4.10. The number of hydrogen-bond acceptors (Lipinski definition) is 6. The number of piperidine rings is 1. The van der Waals surface area contributed by atoms with Gasteiger partial charge >= 0.3 is 6.29 Å². The molecule has 2 aromatic rings. The SMILES string of the molecule is O=S(=O)(c1ccc2c(c1)OC1CNCCC21)c1cccc2c1OC(F)(F)O2. The van der Waals surface area contributed by atoms with Gasteiger partial charge in [0, 0.05) is 18.0 Å². The monoisotopic (exact) mass is 395 g/mol. The van der Waals surface area contributed by atoms with Crippen LogP contribution in [0.1, 0.15) is 17.9 Å². The average molecular weight is 395 g/mol. The number of ether oxygens (including phenoxy) is 3. The Hall–Kier alpha value is -2.39. The molecule has 2 atom stereocenters. The van der Waals surface area contributed by atoms with Gasteiger partial charge in [-0.25, -0.2) is 8.42 Å². The van der Waals surface area contributed by atoms with Gasteiger partial charge in [-0.05, 0) is 37.2 Å². The van der Waals surface area contributed by atoms with Gasteiger partial charge in [0.2, 0.25) is 9.84 Å². The minimum atomic E-state index is -4.10. The lowest BCUT2D eigenvalue weighted by molar-refractivity contribution is -0.287. The molecule has 1 fully saturated rings. The Morgan fingerprint density at radius 2 is 1.96 bits per heavy atom. The van der Waals surface area contributed by atoms with Crippen LogP contribution in [0.15, 0.2) is 46.2 Å². The third-order valence-corrected chi connectivity index (χ3v) is 6.86. The number of hydrogen-bond donors (Lipinski definition) is 1. The van der Waals surface area contributed by atoms with Crippen LogP contribution in [0.2, 0.25) is 0 Å². The predicted molar refractivity (Wildman–Crippen MR) is 89.2 cm³/mol. The van der Waals surface area contributed by atoms with Crippen molar-refractivity contribution in [3.63, 3.8) is 0 Å². The Morgan fingerprint density at radius 3 is 2.81 bits per heavy atom. The zero-order valence-corrected chi connectivity index (χ0v) is 14.8. The van der Waals surface area contributed by atoms with Gasteiger partial charge in [-0.1, -0.05) is 12.1 Å². The molecule has 3 aliphatic heterocycles. The molecule has 0 saturated carbocycles. The second-order valence-corrected chi connectivity index (χ2v) is 8.63. The molecule has 0 bridgehead atoms. The average Bonchev–Trinajstić information content (AvgIpc) is 3.15. The Morgan fingerprint density at radius 1 is 1.11 bits per heavy atom. The van der Waals surface area contributed by atoms with Crippen LogP contribution in [0, 0.1) is 0 Å². The number of fused-ring (bicyclic) bond motifs is 4. The van der Waals surface area contributed by atoms with Crippen LogP contribution in [0.5, 0.6) is 17.2 Å². The maximum Gasteiger partial charge on any atom is 0.586 e. The molecule has 2 unspecified atom stereocenters. The van der Waals surface area contributed by atoms with E-state index in [0.29, 0.717) is 12.3 Å². The minimum absolute atomic E-state index is 0.0249. The van der Waals surface area contributed by atoms with Gasteiger partial charge in [0.25, 0.3) is 0 Å². The highest BCUT2D eigenvalue weighted by Gasteiger charge is 2.46. The van der Waals surface area contributed by atoms with Gasteiger partial charge in [-0.2, -0.15) is 0 Å². The molecule has 0 aromatic heterocycles. The van der Waals surface area contributed by atoms with E-state index in [-0.39, 0.29) is 27.6 Å². The molecular weight excluding hydrogens is 380 g/mol. The van der Waals surface area contributed by atoms with Crippen molar-refractivity contribution in [1.82, 2.24) is 5.32 Å². The Labute approximate surface area is 154 Å². The topological polar surface area (TPSA) is 73.9 Å². The molecule has 3 aliphatic rings. The molecule has 0 amide bonds. The van der Waals surface area contributed by atoms with Gasteiger partial charge < -0.3 is 19.5 Å². The maximum atomic E-state index is 13.4. The van der Waals surface area contributed by atoms with Crippen molar-refractivity contribution in [2.24, 2.45) is 0 Å². The predicted octanol–water partition coefficient (Wildman–Crippen LogP) is 2.68. The first kappa shape index (κ1) is 16.8. The van der Waals surface area contributed by atoms with Crippen molar-refractivity contribution in [1.29, 1.82) is 0 Å². The van der Waals surface area contributed by atoms with Crippen LogP contribution in [0.4, 0.5) is 8.78 Å². The second-order valence-electron chi connectivity index (χ2n) is 6.71. The number of halogens is 2. The van der Waals surface area contributed by atoms with Crippen LogP contribution in [-0.2, 0) is 9.84 Å². The fourth-order valence-electron chi connectivity index (χ4n) is 3.85. The number of nitrogens with one attached hydrogen (secondary N) is 1.